The second-order valence-corrected chi connectivity index (χ2v) is 6.13. The Kier molecular flexibility index (Phi) is 6.49. The van der Waals surface area contributed by atoms with Gasteiger partial charge in [0.05, 0.1) is 13.2 Å². The van der Waals surface area contributed by atoms with Crippen LogP contribution >= 0.6 is 0 Å². The molecule has 5 nitrogen and oxygen atoms in total. The van der Waals surface area contributed by atoms with Crippen LogP contribution in [-0.4, -0.2) is 38.2 Å². The molecule has 0 aromatic rings. The van der Waals surface area contributed by atoms with Crippen LogP contribution < -0.4 is 5.32 Å². The van der Waals surface area contributed by atoms with E-state index in [0.29, 0.717) is 6.54 Å². The first-order valence-electron chi connectivity index (χ1n) is 8.19. The zero-order chi connectivity index (χ0) is 15.1. The van der Waals surface area contributed by atoms with E-state index in [4.69, 9.17) is 9.47 Å². The second-order valence-electron chi connectivity index (χ2n) is 6.13. The van der Waals surface area contributed by atoms with E-state index in [1.165, 1.54) is 20.0 Å². The second kappa shape index (κ2) is 8.37. The van der Waals surface area contributed by atoms with Gasteiger partial charge in [0, 0.05) is 13.2 Å². The quantitative estimate of drug-likeness (QED) is 0.479. The van der Waals surface area contributed by atoms with Crippen LogP contribution in [0, 0.1) is 11.8 Å². The topological polar surface area (TPSA) is 64.6 Å². The molecule has 0 radical (unpaired) electrons. The summed E-state index contributed by atoms with van der Waals surface area (Å²) in [6.07, 6.45) is 8.58. The highest BCUT2D eigenvalue weighted by molar-refractivity contribution is 5.98. The molecule has 0 unspecified atom stereocenters. The minimum absolute atomic E-state index is 0.0985. The number of ether oxygens (including phenoxy) is 2. The molecule has 1 amide bonds. The maximum atomic E-state index is 12.4. The van der Waals surface area contributed by atoms with Crippen LogP contribution in [0.3, 0.4) is 0 Å². The van der Waals surface area contributed by atoms with E-state index < -0.39 is 11.9 Å². The molecule has 1 aliphatic carbocycles. The van der Waals surface area contributed by atoms with Crippen LogP contribution in [0.1, 0.15) is 51.4 Å². The molecule has 120 valence electrons. The molecule has 0 aromatic carbocycles. The Labute approximate surface area is 126 Å². The van der Waals surface area contributed by atoms with Gasteiger partial charge in [0.2, 0.25) is 5.91 Å². The summed E-state index contributed by atoms with van der Waals surface area (Å²) in [5.74, 6) is -1.13. The van der Waals surface area contributed by atoms with E-state index in [9.17, 15) is 9.59 Å². The molecule has 21 heavy (non-hydrogen) atoms. The van der Waals surface area contributed by atoms with E-state index in [-0.39, 0.29) is 17.9 Å². The molecule has 0 spiro atoms. The van der Waals surface area contributed by atoms with Crippen molar-refractivity contribution in [1.82, 2.24) is 5.32 Å². The third-order valence-electron chi connectivity index (χ3n) is 4.64. The van der Waals surface area contributed by atoms with Gasteiger partial charge in [-0.25, -0.2) is 0 Å². The fourth-order valence-electron chi connectivity index (χ4n) is 3.41. The molecule has 1 aliphatic heterocycles. The van der Waals surface area contributed by atoms with Gasteiger partial charge in [-0.15, -0.1) is 0 Å². The van der Waals surface area contributed by atoms with Crippen molar-refractivity contribution in [2.24, 2.45) is 11.8 Å². The van der Waals surface area contributed by atoms with Crippen molar-refractivity contribution in [2.45, 2.75) is 57.5 Å². The Bertz CT molecular complexity index is 344. The number of methoxy groups -OCH3 is 1. The maximum absolute atomic E-state index is 12.4. The Morgan fingerprint density at radius 2 is 1.86 bits per heavy atom. The van der Waals surface area contributed by atoms with E-state index in [1.54, 1.807) is 0 Å². The largest absolute Gasteiger partial charge is 0.468 e. The zero-order valence-electron chi connectivity index (χ0n) is 12.9. The smallest absolute Gasteiger partial charge is 0.318 e. The number of carbonyl (C=O) groups excluding carboxylic acids is 2. The molecule has 2 aliphatic rings. The Morgan fingerprint density at radius 3 is 2.43 bits per heavy atom. The van der Waals surface area contributed by atoms with Crippen molar-refractivity contribution in [3.8, 4) is 0 Å². The summed E-state index contributed by atoms with van der Waals surface area (Å²) < 4.78 is 10.4. The number of rotatable bonds is 5. The Morgan fingerprint density at radius 1 is 1.14 bits per heavy atom. The lowest BCUT2D eigenvalue weighted by molar-refractivity contribution is -0.152. The molecular weight excluding hydrogens is 270 g/mol. The van der Waals surface area contributed by atoms with Gasteiger partial charge < -0.3 is 14.8 Å². The molecule has 1 heterocycles. The summed E-state index contributed by atoms with van der Waals surface area (Å²) in [5, 5.41) is 2.89. The molecule has 1 saturated heterocycles. The number of amides is 1. The molecule has 1 saturated carbocycles. The molecule has 2 fully saturated rings. The highest BCUT2D eigenvalue weighted by Crippen LogP contribution is 2.30. The summed E-state index contributed by atoms with van der Waals surface area (Å²) >= 11 is 0. The minimum atomic E-state index is -0.658. The van der Waals surface area contributed by atoms with E-state index in [1.807, 2.05) is 0 Å². The lowest BCUT2D eigenvalue weighted by Crippen LogP contribution is -2.43. The van der Waals surface area contributed by atoms with Crippen molar-refractivity contribution in [3.63, 3.8) is 0 Å². The SMILES string of the molecule is COC(=O)[C@H](C(=O)NC[C@@H]1CCCO1)C1CCCCCC1. The van der Waals surface area contributed by atoms with Crippen LogP contribution in [0.2, 0.25) is 0 Å². The zero-order valence-corrected chi connectivity index (χ0v) is 12.9. The monoisotopic (exact) mass is 297 g/mol. The van der Waals surface area contributed by atoms with Gasteiger partial charge in [-0.05, 0) is 31.6 Å². The molecule has 0 bridgehead atoms. The van der Waals surface area contributed by atoms with E-state index >= 15 is 0 Å². The lowest BCUT2D eigenvalue weighted by atomic mass is 9.85. The standard InChI is InChI=1S/C16H27NO4/c1-20-16(19)14(12-7-4-2-3-5-8-12)15(18)17-11-13-9-6-10-21-13/h12-14H,2-11H2,1H3,(H,17,18)/t13-,14-/m0/s1. The minimum Gasteiger partial charge on any atom is -0.468 e. The average molecular weight is 297 g/mol. The van der Waals surface area contributed by atoms with Crippen LogP contribution in [0.4, 0.5) is 0 Å². The van der Waals surface area contributed by atoms with Crippen molar-refractivity contribution >= 4 is 11.9 Å². The molecule has 0 aromatic heterocycles. The van der Waals surface area contributed by atoms with Crippen molar-refractivity contribution < 1.29 is 19.1 Å². The number of hydrogen-bond acceptors (Lipinski definition) is 4. The molecular formula is C16H27NO4. The highest BCUT2D eigenvalue weighted by Gasteiger charge is 2.36. The average Bonchev–Trinajstić information content (AvgIpc) is 2.88. The molecule has 1 N–H and O–H groups in total. The van der Waals surface area contributed by atoms with Gasteiger partial charge in [-0.3, -0.25) is 9.59 Å². The van der Waals surface area contributed by atoms with Gasteiger partial charge in [0.1, 0.15) is 5.92 Å². The van der Waals surface area contributed by atoms with Gasteiger partial charge in [0.25, 0.3) is 0 Å². The number of esters is 1. The summed E-state index contributed by atoms with van der Waals surface area (Å²) in [5.41, 5.74) is 0. The van der Waals surface area contributed by atoms with E-state index in [0.717, 1.165) is 45.1 Å². The van der Waals surface area contributed by atoms with Crippen LogP contribution in [-0.2, 0) is 19.1 Å². The Hall–Kier alpha value is -1.10. The lowest BCUT2D eigenvalue weighted by Gasteiger charge is -2.23. The van der Waals surface area contributed by atoms with Gasteiger partial charge >= 0.3 is 5.97 Å². The fourth-order valence-corrected chi connectivity index (χ4v) is 3.41. The predicted octanol–water partition coefficient (Wildman–Crippen LogP) is 2.04. The van der Waals surface area contributed by atoms with Gasteiger partial charge in [-0.2, -0.15) is 0 Å². The first-order chi connectivity index (χ1) is 10.2. The first-order valence-corrected chi connectivity index (χ1v) is 8.19. The van der Waals surface area contributed by atoms with Crippen LogP contribution in [0.15, 0.2) is 0 Å². The third-order valence-corrected chi connectivity index (χ3v) is 4.64. The normalized spacial score (nSPS) is 25.1. The highest BCUT2D eigenvalue weighted by atomic mass is 16.5. The number of hydrogen-bond donors (Lipinski definition) is 1. The molecule has 5 heteroatoms. The van der Waals surface area contributed by atoms with E-state index in [2.05, 4.69) is 5.32 Å². The Balaban J connectivity index is 1.93. The summed E-state index contributed by atoms with van der Waals surface area (Å²) in [6.45, 7) is 1.27. The first kappa shape index (κ1) is 16.3. The summed E-state index contributed by atoms with van der Waals surface area (Å²) in [6, 6.07) is 0. The van der Waals surface area contributed by atoms with Gasteiger partial charge in [0.15, 0.2) is 0 Å². The molecule has 2 rings (SSSR count). The van der Waals surface area contributed by atoms with Crippen LogP contribution in [0.25, 0.3) is 0 Å². The fraction of sp³-hybridized carbons (Fsp3) is 0.875. The summed E-state index contributed by atoms with van der Waals surface area (Å²) in [7, 11) is 1.36. The van der Waals surface area contributed by atoms with Crippen molar-refractivity contribution in [1.29, 1.82) is 0 Å². The predicted molar refractivity (Wildman–Crippen MR) is 78.7 cm³/mol. The van der Waals surface area contributed by atoms with Crippen molar-refractivity contribution in [2.75, 3.05) is 20.3 Å². The van der Waals surface area contributed by atoms with Crippen LogP contribution in [0.5, 0.6) is 0 Å². The molecule has 2 atom stereocenters. The number of nitrogens with one attached hydrogen (secondary N) is 1. The van der Waals surface area contributed by atoms with Crippen molar-refractivity contribution in [3.05, 3.63) is 0 Å². The van der Waals surface area contributed by atoms with Gasteiger partial charge in [-0.1, -0.05) is 25.7 Å². The number of carbonyl (C=O) groups is 2. The third kappa shape index (κ3) is 4.70. The summed E-state index contributed by atoms with van der Waals surface area (Å²) in [4.78, 5) is 24.5. The maximum Gasteiger partial charge on any atom is 0.318 e.